The number of hydrogen-bond donors (Lipinski definition) is 0. The number of allylic oxidation sites excluding steroid dienone is 6. The van der Waals surface area contributed by atoms with Crippen LogP contribution < -0.4 is 0 Å². The second-order valence-corrected chi connectivity index (χ2v) is 7.30. The average Bonchev–Trinajstić information content (AvgIpc) is 2.41. The molecule has 1 aliphatic rings. The van der Waals surface area contributed by atoms with Crippen LogP contribution in [0.4, 0.5) is 0 Å². The fourth-order valence-corrected chi connectivity index (χ4v) is 5.72. The standard InChI is InChI=1S/C15H26O3Si/c1-5-12-15(13-10-9-11-14-15)19(16-6-2,17-7-3)18-8-4/h5,9-13H,6-8,14H2,1-4H3. The fourth-order valence-electron chi connectivity index (χ4n) is 2.49. The predicted molar refractivity (Wildman–Crippen MR) is 81.0 cm³/mol. The molecule has 1 atom stereocenters. The van der Waals surface area contributed by atoms with Gasteiger partial charge in [0.2, 0.25) is 0 Å². The maximum Gasteiger partial charge on any atom is 0.515 e. The Morgan fingerprint density at radius 3 is 2.00 bits per heavy atom. The first-order valence-electron chi connectivity index (χ1n) is 7.10. The van der Waals surface area contributed by atoms with Crippen molar-refractivity contribution in [2.75, 3.05) is 19.8 Å². The molecule has 0 bridgehead atoms. The topological polar surface area (TPSA) is 27.7 Å². The molecular weight excluding hydrogens is 256 g/mol. The molecule has 108 valence electrons. The monoisotopic (exact) mass is 282 g/mol. The largest absolute Gasteiger partial charge is 0.515 e. The van der Waals surface area contributed by atoms with Gasteiger partial charge >= 0.3 is 8.80 Å². The van der Waals surface area contributed by atoms with E-state index in [2.05, 4.69) is 36.5 Å². The maximum absolute atomic E-state index is 6.06. The molecule has 0 aromatic rings. The van der Waals surface area contributed by atoms with Crippen LogP contribution in [0.5, 0.6) is 0 Å². The van der Waals surface area contributed by atoms with Crippen molar-refractivity contribution in [3.05, 3.63) is 36.5 Å². The molecule has 1 aliphatic carbocycles. The summed E-state index contributed by atoms with van der Waals surface area (Å²) in [5.74, 6) is 0. The van der Waals surface area contributed by atoms with Crippen LogP contribution in [0.3, 0.4) is 0 Å². The van der Waals surface area contributed by atoms with Gasteiger partial charge in [0.25, 0.3) is 0 Å². The summed E-state index contributed by atoms with van der Waals surface area (Å²) in [7, 11) is -2.79. The summed E-state index contributed by atoms with van der Waals surface area (Å²) in [6, 6.07) is 0. The Bertz CT molecular complexity index is 332. The van der Waals surface area contributed by atoms with E-state index in [-0.39, 0.29) is 5.04 Å². The lowest BCUT2D eigenvalue weighted by Crippen LogP contribution is -2.55. The molecule has 0 aliphatic heterocycles. The summed E-state index contributed by atoms with van der Waals surface area (Å²) in [5.41, 5.74) is 0. The molecule has 0 N–H and O–H groups in total. The minimum atomic E-state index is -2.79. The van der Waals surface area contributed by atoms with Crippen molar-refractivity contribution in [3.63, 3.8) is 0 Å². The quantitative estimate of drug-likeness (QED) is 0.499. The molecule has 3 nitrogen and oxygen atoms in total. The minimum Gasteiger partial charge on any atom is -0.373 e. The van der Waals surface area contributed by atoms with Crippen LogP contribution in [0, 0.1) is 0 Å². The lowest BCUT2D eigenvalue weighted by Gasteiger charge is -2.42. The van der Waals surface area contributed by atoms with Gasteiger partial charge in [-0.1, -0.05) is 36.5 Å². The SMILES string of the molecule is CC=CC1([Si](OCC)(OCC)OCC)C=CC=CC1. The third-order valence-electron chi connectivity index (χ3n) is 3.13. The van der Waals surface area contributed by atoms with Gasteiger partial charge in [-0.3, -0.25) is 0 Å². The first-order valence-corrected chi connectivity index (χ1v) is 8.82. The fraction of sp³-hybridized carbons (Fsp3) is 0.600. The van der Waals surface area contributed by atoms with Gasteiger partial charge in [-0.15, -0.1) is 0 Å². The molecule has 0 spiro atoms. The van der Waals surface area contributed by atoms with Gasteiger partial charge in [0.1, 0.15) is 0 Å². The van der Waals surface area contributed by atoms with Crippen LogP contribution in [-0.2, 0) is 13.3 Å². The van der Waals surface area contributed by atoms with Crippen LogP contribution in [0.15, 0.2) is 36.5 Å². The highest BCUT2D eigenvalue weighted by atomic mass is 28.4. The Balaban J connectivity index is 3.22. The molecule has 0 aromatic carbocycles. The Morgan fingerprint density at radius 1 is 1.05 bits per heavy atom. The average molecular weight is 282 g/mol. The van der Waals surface area contributed by atoms with Gasteiger partial charge in [-0.05, 0) is 34.1 Å². The Labute approximate surface area is 118 Å². The van der Waals surface area contributed by atoms with E-state index in [1.54, 1.807) is 0 Å². The van der Waals surface area contributed by atoms with Crippen molar-refractivity contribution < 1.29 is 13.3 Å². The van der Waals surface area contributed by atoms with Gasteiger partial charge < -0.3 is 13.3 Å². The smallest absolute Gasteiger partial charge is 0.373 e. The minimum absolute atomic E-state index is 0.279. The summed E-state index contributed by atoms with van der Waals surface area (Å²) in [6.45, 7) is 9.80. The van der Waals surface area contributed by atoms with Crippen LogP contribution >= 0.6 is 0 Å². The highest BCUT2D eigenvalue weighted by Gasteiger charge is 2.58. The van der Waals surface area contributed by atoms with Crippen molar-refractivity contribution >= 4 is 8.80 Å². The van der Waals surface area contributed by atoms with Crippen LogP contribution in [0.25, 0.3) is 0 Å². The van der Waals surface area contributed by atoms with Crippen molar-refractivity contribution in [1.82, 2.24) is 0 Å². The normalized spacial score (nSPS) is 23.4. The van der Waals surface area contributed by atoms with Crippen LogP contribution in [-0.4, -0.2) is 28.6 Å². The lowest BCUT2D eigenvalue weighted by molar-refractivity contribution is 0.0565. The van der Waals surface area contributed by atoms with Crippen molar-refractivity contribution in [2.45, 2.75) is 39.2 Å². The molecule has 1 rings (SSSR count). The van der Waals surface area contributed by atoms with Crippen LogP contribution in [0.1, 0.15) is 34.1 Å². The lowest BCUT2D eigenvalue weighted by atomic mass is 9.99. The van der Waals surface area contributed by atoms with Gasteiger partial charge in [-0.2, -0.15) is 0 Å². The summed E-state index contributed by atoms with van der Waals surface area (Å²) >= 11 is 0. The first-order chi connectivity index (χ1) is 9.20. The molecule has 0 heterocycles. The highest BCUT2D eigenvalue weighted by Crippen LogP contribution is 2.48. The number of hydrogen-bond acceptors (Lipinski definition) is 3. The van der Waals surface area contributed by atoms with Gasteiger partial charge in [0.15, 0.2) is 0 Å². The van der Waals surface area contributed by atoms with E-state index >= 15 is 0 Å². The van der Waals surface area contributed by atoms with Gasteiger partial charge in [0.05, 0.1) is 5.04 Å². The molecule has 0 saturated heterocycles. The number of rotatable bonds is 8. The van der Waals surface area contributed by atoms with E-state index in [1.165, 1.54) is 0 Å². The Kier molecular flexibility index (Phi) is 6.72. The molecule has 19 heavy (non-hydrogen) atoms. The van der Waals surface area contributed by atoms with Crippen molar-refractivity contribution in [2.24, 2.45) is 0 Å². The summed E-state index contributed by atoms with van der Waals surface area (Å²) < 4.78 is 18.2. The molecule has 0 aromatic heterocycles. The van der Waals surface area contributed by atoms with E-state index in [0.717, 1.165) is 6.42 Å². The third kappa shape index (κ3) is 3.45. The molecule has 0 fully saturated rings. The molecule has 1 unspecified atom stereocenters. The van der Waals surface area contributed by atoms with Crippen molar-refractivity contribution in [3.8, 4) is 0 Å². The van der Waals surface area contributed by atoms with Gasteiger partial charge in [0, 0.05) is 19.8 Å². The van der Waals surface area contributed by atoms with E-state index in [1.807, 2.05) is 27.7 Å². The zero-order valence-electron chi connectivity index (χ0n) is 12.5. The summed E-state index contributed by atoms with van der Waals surface area (Å²) in [6.07, 6.45) is 13.5. The molecule has 0 amide bonds. The highest BCUT2D eigenvalue weighted by molar-refractivity contribution is 6.65. The Morgan fingerprint density at radius 2 is 1.63 bits per heavy atom. The van der Waals surface area contributed by atoms with E-state index < -0.39 is 8.80 Å². The van der Waals surface area contributed by atoms with E-state index in [0.29, 0.717) is 19.8 Å². The summed E-state index contributed by atoms with van der Waals surface area (Å²) in [5, 5.41) is -0.279. The van der Waals surface area contributed by atoms with Gasteiger partial charge in [-0.25, -0.2) is 0 Å². The van der Waals surface area contributed by atoms with E-state index in [9.17, 15) is 0 Å². The second-order valence-electron chi connectivity index (χ2n) is 4.39. The maximum atomic E-state index is 6.06. The first kappa shape index (κ1) is 16.4. The zero-order valence-corrected chi connectivity index (χ0v) is 13.5. The molecule has 0 saturated carbocycles. The zero-order chi connectivity index (χ0) is 14.2. The summed E-state index contributed by atoms with van der Waals surface area (Å²) in [4.78, 5) is 0. The molecule has 4 heteroatoms. The van der Waals surface area contributed by atoms with Crippen LogP contribution in [0.2, 0.25) is 5.04 Å². The Hall–Kier alpha value is -0.683. The third-order valence-corrected chi connectivity index (χ3v) is 6.82. The molecular formula is C15H26O3Si. The van der Waals surface area contributed by atoms with E-state index in [4.69, 9.17) is 13.3 Å². The predicted octanol–water partition coefficient (Wildman–Crippen LogP) is 3.87. The van der Waals surface area contributed by atoms with Crippen molar-refractivity contribution in [1.29, 1.82) is 0 Å². The second kappa shape index (κ2) is 7.80. The molecule has 0 radical (unpaired) electrons.